The van der Waals surface area contributed by atoms with E-state index in [1.807, 2.05) is 12.1 Å². The maximum absolute atomic E-state index is 10.9. The molecule has 0 bridgehead atoms. The summed E-state index contributed by atoms with van der Waals surface area (Å²) in [4.78, 5) is 21.7. The van der Waals surface area contributed by atoms with Crippen LogP contribution in [0.15, 0.2) is 86.0 Å². The molecule has 11 heteroatoms. The van der Waals surface area contributed by atoms with Crippen molar-refractivity contribution in [1.29, 1.82) is 0 Å². The minimum Gasteiger partial charge on any atom is -0.759 e. The normalized spacial score (nSPS) is 11.1. The van der Waals surface area contributed by atoms with Crippen LogP contribution in [0.4, 0.5) is 0 Å². The van der Waals surface area contributed by atoms with Crippen molar-refractivity contribution in [1.82, 2.24) is 0 Å². The van der Waals surface area contributed by atoms with Crippen LogP contribution in [0.2, 0.25) is 0 Å². The molecule has 0 aromatic heterocycles. The van der Waals surface area contributed by atoms with Gasteiger partial charge in [-0.1, -0.05) is 73.8 Å². The van der Waals surface area contributed by atoms with E-state index >= 15 is 0 Å². The lowest BCUT2D eigenvalue weighted by Crippen LogP contribution is -2.39. The van der Waals surface area contributed by atoms with Gasteiger partial charge in [-0.15, -0.1) is 0 Å². The van der Waals surface area contributed by atoms with Crippen LogP contribution in [0, 0.1) is 0 Å². The lowest BCUT2D eigenvalue weighted by atomic mass is 10.2. The fraction of sp³-hybridized carbons (Fsp3) is 0.438. The number of ether oxygens (including phenoxy) is 2. The lowest BCUT2D eigenvalue weighted by molar-refractivity contribution is -0.903. The van der Waals surface area contributed by atoms with E-state index < -0.39 is 10.4 Å². The fourth-order valence-corrected chi connectivity index (χ4v) is 4.06. The molecule has 0 aliphatic heterocycles. The summed E-state index contributed by atoms with van der Waals surface area (Å²) in [5, 5.41) is 0. The van der Waals surface area contributed by atoms with Gasteiger partial charge in [0.25, 0.3) is 0 Å². The third kappa shape index (κ3) is 26.0. The van der Waals surface area contributed by atoms with Gasteiger partial charge in [0.2, 0.25) is 0 Å². The molecule has 0 aliphatic rings. The molecule has 0 atom stereocenters. The van der Waals surface area contributed by atoms with Crippen molar-refractivity contribution in [2.24, 2.45) is 0 Å². The van der Waals surface area contributed by atoms with E-state index in [1.54, 1.807) is 0 Å². The Kier molecular flexibility index (Phi) is 19.7. The van der Waals surface area contributed by atoms with E-state index in [9.17, 15) is 9.59 Å². The predicted octanol–water partition coefficient (Wildman–Crippen LogP) is 4.21. The number of rotatable bonds is 16. The first-order valence-corrected chi connectivity index (χ1v) is 15.4. The summed E-state index contributed by atoms with van der Waals surface area (Å²) in [6.45, 7) is 11.9. The predicted molar refractivity (Wildman–Crippen MR) is 165 cm³/mol. The zero-order valence-corrected chi connectivity index (χ0v) is 26.8. The number of quaternary nitrogens is 2. The van der Waals surface area contributed by atoms with Gasteiger partial charge in [-0.05, 0) is 25.7 Å². The van der Waals surface area contributed by atoms with Crippen LogP contribution in [0.5, 0.6) is 0 Å². The maximum atomic E-state index is 10.9. The van der Waals surface area contributed by atoms with E-state index in [-0.39, 0.29) is 11.9 Å². The molecule has 0 aliphatic carbocycles. The Hall–Kier alpha value is -3.35. The standard InChI is InChI=1S/2C16H24NO2.H2O4S/c2*1-4-16(18)19-13-9-8-12-17(2,3)14-15-10-6-5-7-11-15;1-5(2,3)4/h2*4-7,10-11H,1,8-9,12-14H2,2-3H3;(H2,1,2,3,4)/q2*+1;/p-2. The number of hydrogen-bond donors (Lipinski definition) is 0. The van der Waals surface area contributed by atoms with Crippen molar-refractivity contribution in [2.75, 3.05) is 54.5 Å². The highest BCUT2D eigenvalue weighted by Crippen LogP contribution is 2.12. The third-order valence-electron chi connectivity index (χ3n) is 6.04. The average molecular weight is 621 g/mol. The topological polar surface area (TPSA) is 133 Å². The summed E-state index contributed by atoms with van der Waals surface area (Å²) < 4.78 is 45.9. The largest absolute Gasteiger partial charge is 0.759 e. The number of esters is 2. The van der Waals surface area contributed by atoms with Crippen LogP contribution in [-0.4, -0.2) is 92.9 Å². The molecule has 43 heavy (non-hydrogen) atoms. The SMILES string of the molecule is C=CC(=O)OCCCC[N+](C)(C)Cc1ccccc1.C=CC(=O)OCCCC[N+](C)(C)Cc1ccccc1.O=S(=O)([O-])[O-]. The zero-order valence-electron chi connectivity index (χ0n) is 26.0. The minimum absolute atomic E-state index is 0.335. The first-order valence-electron chi connectivity index (χ1n) is 14.0. The molecule has 240 valence electrons. The molecular weight excluding hydrogens is 572 g/mol. The second kappa shape index (κ2) is 21.4. The van der Waals surface area contributed by atoms with Gasteiger partial charge in [0.1, 0.15) is 13.1 Å². The molecule has 0 N–H and O–H groups in total. The van der Waals surface area contributed by atoms with Gasteiger partial charge in [-0.2, -0.15) is 0 Å². The Morgan fingerprint density at radius 3 is 1.26 bits per heavy atom. The Labute approximate surface area is 258 Å². The van der Waals surface area contributed by atoms with Crippen molar-refractivity contribution in [3.8, 4) is 0 Å². The lowest BCUT2D eigenvalue weighted by Gasteiger charge is -2.30. The van der Waals surface area contributed by atoms with Crippen LogP contribution in [0.1, 0.15) is 36.8 Å². The number of nitrogens with zero attached hydrogens (tertiary/aromatic N) is 2. The molecule has 0 saturated carbocycles. The molecule has 0 unspecified atom stereocenters. The van der Waals surface area contributed by atoms with E-state index in [0.717, 1.165) is 60.8 Å². The van der Waals surface area contributed by atoms with Gasteiger partial charge in [0, 0.05) is 33.7 Å². The van der Waals surface area contributed by atoms with Gasteiger partial charge in [-0.3, -0.25) is 8.42 Å². The number of hydrogen-bond acceptors (Lipinski definition) is 8. The van der Waals surface area contributed by atoms with Crippen LogP contribution in [0.25, 0.3) is 0 Å². The van der Waals surface area contributed by atoms with E-state index in [4.69, 9.17) is 27.0 Å². The summed E-state index contributed by atoms with van der Waals surface area (Å²) in [6, 6.07) is 21.0. The van der Waals surface area contributed by atoms with E-state index in [2.05, 4.69) is 89.9 Å². The van der Waals surface area contributed by atoms with Crippen LogP contribution in [0.3, 0.4) is 0 Å². The molecule has 0 amide bonds. The summed E-state index contributed by atoms with van der Waals surface area (Å²) in [5.74, 6) is -0.670. The molecule has 0 radical (unpaired) electrons. The molecule has 2 aromatic rings. The summed E-state index contributed by atoms with van der Waals surface area (Å²) in [6.07, 6.45) is 6.30. The van der Waals surface area contributed by atoms with Gasteiger partial charge < -0.3 is 27.5 Å². The molecule has 10 nitrogen and oxygen atoms in total. The molecule has 0 fully saturated rings. The molecule has 2 aromatic carbocycles. The first-order chi connectivity index (χ1) is 20.1. The van der Waals surface area contributed by atoms with E-state index in [0.29, 0.717) is 13.2 Å². The second-order valence-corrected chi connectivity index (χ2v) is 12.0. The minimum atomic E-state index is -5.17. The van der Waals surface area contributed by atoms with E-state index in [1.165, 1.54) is 23.3 Å². The summed E-state index contributed by atoms with van der Waals surface area (Å²) >= 11 is 0. The molecule has 0 saturated heterocycles. The van der Waals surface area contributed by atoms with Crippen molar-refractivity contribution in [3.63, 3.8) is 0 Å². The van der Waals surface area contributed by atoms with Crippen molar-refractivity contribution >= 4 is 22.3 Å². The maximum Gasteiger partial charge on any atom is 0.330 e. The highest BCUT2D eigenvalue weighted by molar-refractivity contribution is 7.79. The molecule has 0 spiro atoms. The Bertz CT molecular complexity index is 1100. The number of carbonyl (C=O) groups is 2. The zero-order chi connectivity index (χ0) is 32.8. The summed E-state index contributed by atoms with van der Waals surface area (Å²) in [5.41, 5.74) is 2.70. The molecule has 2 rings (SSSR count). The van der Waals surface area contributed by atoms with Crippen LogP contribution >= 0.6 is 0 Å². The second-order valence-electron chi connectivity index (χ2n) is 11.2. The summed E-state index contributed by atoms with van der Waals surface area (Å²) in [7, 11) is 3.73. The van der Waals surface area contributed by atoms with Gasteiger partial charge in [-0.25, -0.2) is 9.59 Å². The van der Waals surface area contributed by atoms with Crippen LogP contribution in [-0.2, 0) is 42.6 Å². The number of carbonyl (C=O) groups excluding carboxylic acids is 2. The number of benzene rings is 2. The van der Waals surface area contributed by atoms with Gasteiger partial charge in [0.05, 0.1) is 54.5 Å². The highest BCUT2D eigenvalue weighted by atomic mass is 32.3. The third-order valence-corrected chi connectivity index (χ3v) is 6.04. The smallest absolute Gasteiger partial charge is 0.330 e. The van der Waals surface area contributed by atoms with Crippen LogP contribution < -0.4 is 0 Å². The number of unbranched alkanes of at least 4 members (excludes halogenated alkanes) is 2. The first kappa shape index (κ1) is 39.6. The average Bonchev–Trinajstić information content (AvgIpc) is 2.92. The monoisotopic (exact) mass is 620 g/mol. The Morgan fingerprint density at radius 2 is 0.977 bits per heavy atom. The van der Waals surface area contributed by atoms with Gasteiger partial charge >= 0.3 is 11.9 Å². The Balaban J connectivity index is 0.000000709. The molecule has 0 heterocycles. The van der Waals surface area contributed by atoms with Crippen molar-refractivity contribution in [2.45, 2.75) is 38.8 Å². The van der Waals surface area contributed by atoms with Gasteiger partial charge in [0.15, 0.2) is 0 Å². The highest BCUT2D eigenvalue weighted by Gasteiger charge is 2.16. The van der Waals surface area contributed by atoms with Crippen molar-refractivity contribution in [3.05, 3.63) is 97.1 Å². The van der Waals surface area contributed by atoms with Crippen molar-refractivity contribution < 1.29 is 45.6 Å². The Morgan fingerprint density at radius 1 is 0.674 bits per heavy atom. The molecular formula is C32H48N2O8S. The fourth-order valence-electron chi connectivity index (χ4n) is 4.06. The quantitative estimate of drug-likeness (QED) is 0.0681.